The number of thioether (sulfide) groups is 1. The molecule has 0 aliphatic carbocycles. The van der Waals surface area contributed by atoms with Crippen molar-refractivity contribution in [2.24, 2.45) is 0 Å². The van der Waals surface area contributed by atoms with Crippen molar-refractivity contribution in [1.29, 1.82) is 0 Å². The van der Waals surface area contributed by atoms with Gasteiger partial charge in [-0.05, 0) is 43.2 Å². The van der Waals surface area contributed by atoms with Crippen molar-refractivity contribution in [2.45, 2.75) is 44.3 Å². The van der Waals surface area contributed by atoms with Gasteiger partial charge in [0.2, 0.25) is 5.91 Å². The predicted octanol–water partition coefficient (Wildman–Crippen LogP) is 4.39. The summed E-state index contributed by atoms with van der Waals surface area (Å²) in [6.07, 6.45) is 2.56. The molecule has 0 aliphatic rings. The molecule has 3 aromatic rings. The van der Waals surface area contributed by atoms with Crippen LogP contribution in [0.25, 0.3) is 5.69 Å². The number of nitrogens with zero attached hydrogens (tertiary/aromatic N) is 3. The fraction of sp³-hybridized carbons (Fsp3) is 0.318. The minimum atomic E-state index is -0.301. The van der Waals surface area contributed by atoms with Crippen LogP contribution in [0.4, 0.5) is 4.39 Å². The summed E-state index contributed by atoms with van der Waals surface area (Å²) in [7, 11) is 0. The molecule has 3 rings (SSSR count). The maximum absolute atomic E-state index is 13.4. The summed E-state index contributed by atoms with van der Waals surface area (Å²) in [5, 5.41) is 12.3. The molecule has 152 valence electrons. The SMILES string of the molecule is CCC[C@@H](C)NC(=O)CSc1nnc(Cc2ccccc2)n1-c1ccc(F)cc1. The van der Waals surface area contributed by atoms with Crippen LogP contribution in [-0.4, -0.2) is 32.5 Å². The third kappa shape index (κ3) is 5.90. The summed E-state index contributed by atoms with van der Waals surface area (Å²) >= 11 is 1.33. The smallest absolute Gasteiger partial charge is 0.230 e. The molecule has 1 amide bonds. The third-order valence-corrected chi connectivity index (χ3v) is 5.38. The Kier molecular flexibility index (Phi) is 7.41. The number of hydrogen-bond acceptors (Lipinski definition) is 4. The Labute approximate surface area is 174 Å². The number of hydrogen-bond donors (Lipinski definition) is 1. The minimum Gasteiger partial charge on any atom is -0.353 e. The molecule has 2 aromatic carbocycles. The zero-order valence-electron chi connectivity index (χ0n) is 16.6. The van der Waals surface area contributed by atoms with Crippen LogP contribution in [-0.2, 0) is 11.2 Å². The van der Waals surface area contributed by atoms with Crippen molar-refractivity contribution in [3.63, 3.8) is 0 Å². The van der Waals surface area contributed by atoms with Crippen molar-refractivity contribution < 1.29 is 9.18 Å². The summed E-state index contributed by atoms with van der Waals surface area (Å²) in [6.45, 7) is 4.10. The second-order valence-corrected chi connectivity index (χ2v) is 7.86. The molecule has 0 unspecified atom stereocenters. The molecule has 7 heteroatoms. The first-order valence-electron chi connectivity index (χ1n) is 9.73. The lowest BCUT2D eigenvalue weighted by Crippen LogP contribution is -2.33. The van der Waals surface area contributed by atoms with Crippen LogP contribution in [0.3, 0.4) is 0 Å². The molecule has 5 nitrogen and oxygen atoms in total. The van der Waals surface area contributed by atoms with E-state index in [1.807, 2.05) is 41.8 Å². The second kappa shape index (κ2) is 10.2. The highest BCUT2D eigenvalue weighted by Gasteiger charge is 2.17. The van der Waals surface area contributed by atoms with Gasteiger partial charge in [0.1, 0.15) is 11.6 Å². The summed E-state index contributed by atoms with van der Waals surface area (Å²) in [4.78, 5) is 12.3. The number of carbonyl (C=O) groups excluding carboxylic acids is 1. The number of carbonyl (C=O) groups is 1. The number of aromatic nitrogens is 3. The second-order valence-electron chi connectivity index (χ2n) is 6.92. The normalized spacial score (nSPS) is 12.0. The van der Waals surface area contributed by atoms with E-state index in [4.69, 9.17) is 0 Å². The molecule has 0 fully saturated rings. The van der Waals surface area contributed by atoms with Gasteiger partial charge in [-0.25, -0.2) is 4.39 Å². The molecule has 29 heavy (non-hydrogen) atoms. The van der Waals surface area contributed by atoms with Gasteiger partial charge >= 0.3 is 0 Å². The first-order valence-corrected chi connectivity index (χ1v) is 10.7. The van der Waals surface area contributed by atoms with Crippen molar-refractivity contribution >= 4 is 17.7 Å². The Balaban J connectivity index is 1.81. The molecular weight excluding hydrogens is 387 g/mol. The lowest BCUT2D eigenvalue weighted by molar-refractivity contribution is -0.119. The lowest BCUT2D eigenvalue weighted by atomic mass is 10.1. The van der Waals surface area contributed by atoms with Gasteiger partial charge in [-0.15, -0.1) is 10.2 Å². The van der Waals surface area contributed by atoms with Gasteiger partial charge in [-0.1, -0.05) is 55.4 Å². The van der Waals surface area contributed by atoms with Crippen LogP contribution < -0.4 is 5.32 Å². The van der Waals surface area contributed by atoms with E-state index in [-0.39, 0.29) is 23.5 Å². The highest BCUT2D eigenvalue weighted by Crippen LogP contribution is 2.24. The zero-order valence-corrected chi connectivity index (χ0v) is 17.5. The first-order chi connectivity index (χ1) is 14.1. The van der Waals surface area contributed by atoms with Crippen LogP contribution in [0.15, 0.2) is 59.8 Å². The highest BCUT2D eigenvalue weighted by molar-refractivity contribution is 7.99. The van der Waals surface area contributed by atoms with E-state index in [1.54, 1.807) is 12.1 Å². The molecule has 0 aliphatic heterocycles. The van der Waals surface area contributed by atoms with E-state index in [2.05, 4.69) is 22.4 Å². The zero-order chi connectivity index (χ0) is 20.6. The highest BCUT2D eigenvalue weighted by atomic mass is 32.2. The summed E-state index contributed by atoms with van der Waals surface area (Å²) in [5.74, 6) is 0.655. The fourth-order valence-corrected chi connectivity index (χ4v) is 3.87. The summed E-state index contributed by atoms with van der Waals surface area (Å²) < 4.78 is 15.3. The van der Waals surface area contributed by atoms with Gasteiger partial charge in [0.15, 0.2) is 5.16 Å². The van der Waals surface area contributed by atoms with Crippen LogP contribution in [0.1, 0.15) is 38.1 Å². The third-order valence-electron chi connectivity index (χ3n) is 4.45. The lowest BCUT2D eigenvalue weighted by Gasteiger charge is -2.13. The standard InChI is InChI=1S/C22H25FN4OS/c1-3-7-16(2)24-21(28)15-29-22-26-25-20(14-17-8-5-4-6-9-17)27(22)19-12-10-18(23)11-13-19/h4-6,8-13,16H,3,7,14-15H2,1-2H3,(H,24,28)/t16-/m1/s1. The quantitative estimate of drug-likeness (QED) is 0.530. The fourth-order valence-electron chi connectivity index (χ4n) is 3.09. The van der Waals surface area contributed by atoms with Gasteiger partial charge in [-0.2, -0.15) is 0 Å². The Morgan fingerprint density at radius 1 is 1.14 bits per heavy atom. The van der Waals surface area contributed by atoms with Crippen LogP contribution in [0, 0.1) is 5.82 Å². The Morgan fingerprint density at radius 3 is 2.55 bits per heavy atom. The van der Waals surface area contributed by atoms with Crippen molar-refractivity contribution in [3.05, 3.63) is 71.8 Å². The largest absolute Gasteiger partial charge is 0.353 e. The minimum absolute atomic E-state index is 0.0331. The van der Waals surface area contributed by atoms with E-state index < -0.39 is 0 Å². The Morgan fingerprint density at radius 2 is 1.86 bits per heavy atom. The molecule has 0 radical (unpaired) electrons. The first kappa shape index (κ1) is 21.0. The number of benzene rings is 2. The number of nitrogens with one attached hydrogen (secondary N) is 1. The molecule has 0 saturated heterocycles. The van der Waals surface area contributed by atoms with Gasteiger partial charge in [0, 0.05) is 18.2 Å². The number of rotatable bonds is 9. The van der Waals surface area contributed by atoms with Crippen molar-refractivity contribution in [2.75, 3.05) is 5.75 Å². The average molecular weight is 413 g/mol. The monoisotopic (exact) mass is 412 g/mol. The van der Waals surface area contributed by atoms with Crippen molar-refractivity contribution in [1.82, 2.24) is 20.1 Å². The van der Waals surface area contributed by atoms with Gasteiger partial charge < -0.3 is 5.32 Å². The van der Waals surface area contributed by atoms with E-state index in [1.165, 1.54) is 23.9 Å². The number of amides is 1. The average Bonchev–Trinajstić information content (AvgIpc) is 3.10. The maximum atomic E-state index is 13.4. The molecule has 0 saturated carbocycles. The predicted molar refractivity (Wildman–Crippen MR) is 114 cm³/mol. The van der Waals surface area contributed by atoms with E-state index in [0.717, 1.165) is 29.9 Å². The van der Waals surface area contributed by atoms with Crippen LogP contribution in [0.5, 0.6) is 0 Å². The van der Waals surface area contributed by atoms with Gasteiger partial charge in [0.05, 0.1) is 5.75 Å². The summed E-state index contributed by atoms with van der Waals surface area (Å²) in [5.41, 5.74) is 1.87. The molecule has 1 heterocycles. The van der Waals surface area contributed by atoms with E-state index in [0.29, 0.717) is 11.6 Å². The van der Waals surface area contributed by atoms with Crippen LogP contribution in [0.2, 0.25) is 0 Å². The number of halogens is 1. The maximum Gasteiger partial charge on any atom is 0.230 e. The molecule has 1 atom stereocenters. The topological polar surface area (TPSA) is 59.8 Å². The van der Waals surface area contributed by atoms with Gasteiger partial charge in [-0.3, -0.25) is 9.36 Å². The molecular formula is C22H25FN4OS. The molecule has 1 aromatic heterocycles. The molecule has 1 N–H and O–H groups in total. The Hall–Kier alpha value is -2.67. The van der Waals surface area contributed by atoms with Crippen molar-refractivity contribution in [3.8, 4) is 5.69 Å². The van der Waals surface area contributed by atoms with E-state index >= 15 is 0 Å². The van der Waals surface area contributed by atoms with Crippen LogP contribution >= 0.6 is 11.8 Å². The molecule has 0 bridgehead atoms. The summed E-state index contributed by atoms with van der Waals surface area (Å²) in [6, 6.07) is 16.3. The molecule has 0 spiro atoms. The van der Waals surface area contributed by atoms with Gasteiger partial charge in [0.25, 0.3) is 0 Å². The van der Waals surface area contributed by atoms with E-state index in [9.17, 15) is 9.18 Å². The Bertz CT molecular complexity index is 928.